The van der Waals surface area contributed by atoms with E-state index < -0.39 is 5.97 Å². The highest BCUT2D eigenvalue weighted by Gasteiger charge is 2.33. The first kappa shape index (κ1) is 19.1. The summed E-state index contributed by atoms with van der Waals surface area (Å²) in [5.74, 6) is -0.823. The summed E-state index contributed by atoms with van der Waals surface area (Å²) >= 11 is 0. The maximum Gasteiger partial charge on any atom is 0.339 e. The van der Waals surface area contributed by atoms with Crippen LogP contribution >= 0.6 is 0 Å². The van der Waals surface area contributed by atoms with Crippen molar-refractivity contribution in [2.24, 2.45) is 0 Å². The van der Waals surface area contributed by atoms with Gasteiger partial charge in [-0.25, -0.2) is 4.79 Å². The van der Waals surface area contributed by atoms with Gasteiger partial charge in [-0.3, -0.25) is 9.59 Å². The SMILES string of the molecule is N#Cc1ccc(OCCOC(=O)c2cccc3c2C(=O)c2ccccc2C3=O)cc1. The minimum atomic E-state index is -0.698. The molecule has 0 fully saturated rings. The Morgan fingerprint density at radius 1 is 0.800 bits per heavy atom. The minimum absolute atomic E-state index is 0.0405. The second kappa shape index (κ2) is 8.02. The average molecular weight is 397 g/mol. The summed E-state index contributed by atoms with van der Waals surface area (Å²) in [6, 6.07) is 19.7. The van der Waals surface area contributed by atoms with Gasteiger partial charge in [-0.1, -0.05) is 36.4 Å². The fourth-order valence-corrected chi connectivity index (χ4v) is 3.31. The predicted octanol–water partition coefficient (Wildman–Crippen LogP) is 3.57. The van der Waals surface area contributed by atoms with E-state index in [1.807, 2.05) is 6.07 Å². The van der Waals surface area contributed by atoms with E-state index in [0.29, 0.717) is 16.9 Å². The van der Waals surface area contributed by atoms with Gasteiger partial charge in [-0.15, -0.1) is 0 Å². The Kier molecular flexibility index (Phi) is 5.10. The maximum atomic E-state index is 12.9. The van der Waals surface area contributed by atoms with Crippen molar-refractivity contribution >= 4 is 17.5 Å². The summed E-state index contributed by atoms with van der Waals surface area (Å²) in [5.41, 5.74) is 1.44. The van der Waals surface area contributed by atoms with Crippen LogP contribution in [0.2, 0.25) is 0 Å². The molecule has 4 rings (SSSR count). The van der Waals surface area contributed by atoms with Gasteiger partial charge in [0.05, 0.1) is 17.2 Å². The minimum Gasteiger partial charge on any atom is -0.490 e. The Morgan fingerprint density at radius 2 is 1.47 bits per heavy atom. The molecule has 0 unspecified atom stereocenters. The van der Waals surface area contributed by atoms with Gasteiger partial charge in [0, 0.05) is 22.3 Å². The average Bonchev–Trinajstić information content (AvgIpc) is 2.80. The number of nitriles is 1. The van der Waals surface area contributed by atoms with E-state index in [-0.39, 0.29) is 47.0 Å². The molecule has 3 aromatic rings. The molecular formula is C24H15NO5. The molecule has 0 bridgehead atoms. The highest BCUT2D eigenvalue weighted by atomic mass is 16.6. The van der Waals surface area contributed by atoms with Gasteiger partial charge in [0.25, 0.3) is 0 Å². The lowest BCUT2D eigenvalue weighted by Gasteiger charge is -2.19. The lowest BCUT2D eigenvalue weighted by Crippen LogP contribution is -2.24. The van der Waals surface area contributed by atoms with Gasteiger partial charge >= 0.3 is 5.97 Å². The third-order valence-electron chi connectivity index (χ3n) is 4.74. The molecule has 30 heavy (non-hydrogen) atoms. The molecule has 1 aliphatic rings. The number of ketones is 2. The fourth-order valence-electron chi connectivity index (χ4n) is 3.31. The van der Waals surface area contributed by atoms with Crippen LogP contribution in [0.4, 0.5) is 0 Å². The van der Waals surface area contributed by atoms with Gasteiger partial charge in [-0.05, 0) is 30.3 Å². The summed E-state index contributed by atoms with van der Waals surface area (Å²) in [6.45, 7) is 0.0591. The van der Waals surface area contributed by atoms with E-state index in [1.165, 1.54) is 12.1 Å². The second-order valence-corrected chi connectivity index (χ2v) is 6.55. The van der Waals surface area contributed by atoms with Crippen molar-refractivity contribution in [3.63, 3.8) is 0 Å². The molecule has 1 aliphatic carbocycles. The van der Waals surface area contributed by atoms with Gasteiger partial charge in [0.2, 0.25) is 0 Å². The monoisotopic (exact) mass is 397 g/mol. The Labute approximate surface area is 172 Å². The van der Waals surface area contributed by atoms with Gasteiger partial charge in [0.1, 0.15) is 19.0 Å². The molecule has 0 aliphatic heterocycles. The number of ether oxygens (including phenoxy) is 2. The van der Waals surface area contributed by atoms with Crippen molar-refractivity contribution < 1.29 is 23.9 Å². The standard InChI is InChI=1S/C24H15NO5/c25-14-15-8-10-16(11-9-15)29-12-13-30-24(28)20-7-3-6-19-21(20)23(27)18-5-2-1-4-17(18)22(19)26/h1-11H,12-13H2. The quantitative estimate of drug-likeness (QED) is 0.378. The van der Waals surface area contributed by atoms with Gasteiger partial charge < -0.3 is 9.47 Å². The van der Waals surface area contributed by atoms with E-state index in [4.69, 9.17) is 14.7 Å². The first-order valence-corrected chi connectivity index (χ1v) is 9.21. The largest absolute Gasteiger partial charge is 0.490 e. The summed E-state index contributed by atoms with van der Waals surface area (Å²) in [4.78, 5) is 38.3. The normalized spacial score (nSPS) is 11.8. The number of fused-ring (bicyclic) bond motifs is 2. The Balaban J connectivity index is 1.47. The van der Waals surface area contributed by atoms with Crippen LogP contribution in [0.25, 0.3) is 0 Å². The van der Waals surface area contributed by atoms with E-state index in [0.717, 1.165) is 0 Å². The van der Waals surface area contributed by atoms with Crippen LogP contribution in [0.3, 0.4) is 0 Å². The molecule has 0 saturated carbocycles. The topological polar surface area (TPSA) is 93.5 Å². The summed E-state index contributed by atoms with van der Waals surface area (Å²) in [6.07, 6.45) is 0. The molecule has 3 aromatic carbocycles. The number of benzene rings is 3. The molecule has 0 aromatic heterocycles. The van der Waals surface area contributed by atoms with Crippen LogP contribution in [0.5, 0.6) is 5.75 Å². The number of hydrogen-bond acceptors (Lipinski definition) is 6. The van der Waals surface area contributed by atoms with E-state index in [9.17, 15) is 14.4 Å². The number of rotatable bonds is 5. The molecule has 6 heteroatoms. The summed E-state index contributed by atoms with van der Waals surface area (Å²) < 4.78 is 10.7. The molecule has 0 heterocycles. The van der Waals surface area contributed by atoms with Gasteiger partial charge in [-0.2, -0.15) is 5.26 Å². The van der Waals surface area contributed by atoms with E-state index in [1.54, 1.807) is 54.6 Å². The first-order valence-electron chi connectivity index (χ1n) is 9.21. The fraction of sp³-hybridized carbons (Fsp3) is 0.0833. The molecule has 0 radical (unpaired) electrons. The van der Waals surface area contributed by atoms with E-state index in [2.05, 4.69) is 0 Å². The second-order valence-electron chi connectivity index (χ2n) is 6.55. The molecule has 0 N–H and O–H groups in total. The molecule has 0 amide bonds. The highest BCUT2D eigenvalue weighted by Crippen LogP contribution is 2.29. The zero-order chi connectivity index (χ0) is 21.1. The smallest absolute Gasteiger partial charge is 0.339 e. The van der Waals surface area contributed by atoms with Crippen LogP contribution in [-0.4, -0.2) is 30.7 Å². The predicted molar refractivity (Wildman–Crippen MR) is 107 cm³/mol. The number of nitrogens with zero attached hydrogens (tertiary/aromatic N) is 1. The Morgan fingerprint density at radius 3 is 2.17 bits per heavy atom. The zero-order valence-electron chi connectivity index (χ0n) is 15.8. The molecule has 6 nitrogen and oxygen atoms in total. The van der Waals surface area contributed by atoms with Crippen LogP contribution in [0, 0.1) is 11.3 Å². The Bertz CT molecular complexity index is 1210. The van der Waals surface area contributed by atoms with Crippen molar-refractivity contribution in [2.45, 2.75) is 0 Å². The number of hydrogen-bond donors (Lipinski definition) is 0. The molecule has 0 atom stereocenters. The van der Waals surface area contributed by atoms with Crippen molar-refractivity contribution in [1.29, 1.82) is 5.26 Å². The first-order chi connectivity index (χ1) is 14.6. The number of esters is 1. The number of carbonyl (C=O) groups is 3. The summed E-state index contributed by atoms with van der Waals surface area (Å²) in [5, 5.41) is 8.79. The lowest BCUT2D eigenvalue weighted by atomic mass is 9.82. The van der Waals surface area contributed by atoms with Crippen molar-refractivity contribution in [3.8, 4) is 11.8 Å². The van der Waals surface area contributed by atoms with Crippen LogP contribution < -0.4 is 4.74 Å². The third kappa shape index (κ3) is 3.45. The van der Waals surface area contributed by atoms with Gasteiger partial charge in [0.15, 0.2) is 11.6 Å². The lowest BCUT2D eigenvalue weighted by molar-refractivity contribution is 0.0448. The Hall–Kier alpha value is -4.24. The molecule has 146 valence electrons. The van der Waals surface area contributed by atoms with Crippen molar-refractivity contribution in [2.75, 3.05) is 13.2 Å². The molecular weight excluding hydrogens is 382 g/mol. The molecule has 0 saturated heterocycles. The molecule has 0 spiro atoms. The third-order valence-corrected chi connectivity index (χ3v) is 4.74. The number of carbonyl (C=O) groups excluding carboxylic acids is 3. The van der Waals surface area contributed by atoms with Crippen LogP contribution in [-0.2, 0) is 4.74 Å². The van der Waals surface area contributed by atoms with Crippen LogP contribution in [0.15, 0.2) is 66.7 Å². The zero-order valence-corrected chi connectivity index (χ0v) is 15.8. The maximum absolute atomic E-state index is 12.9. The van der Waals surface area contributed by atoms with E-state index >= 15 is 0 Å². The highest BCUT2D eigenvalue weighted by molar-refractivity contribution is 6.30. The summed E-state index contributed by atoms with van der Waals surface area (Å²) in [7, 11) is 0. The van der Waals surface area contributed by atoms with Crippen molar-refractivity contribution in [1.82, 2.24) is 0 Å². The van der Waals surface area contributed by atoms with Crippen molar-refractivity contribution in [3.05, 3.63) is 100 Å². The van der Waals surface area contributed by atoms with Crippen LogP contribution in [0.1, 0.15) is 47.8 Å².